The lowest BCUT2D eigenvalue weighted by atomic mass is 10.1. The van der Waals surface area contributed by atoms with Gasteiger partial charge in [0.05, 0.1) is 11.4 Å². The molecular formula is C22H20N4O. The summed E-state index contributed by atoms with van der Waals surface area (Å²) in [4.78, 5) is 12.2. The Morgan fingerprint density at radius 2 is 1.81 bits per heavy atom. The van der Waals surface area contributed by atoms with Gasteiger partial charge in [-0.05, 0) is 24.6 Å². The maximum atomic E-state index is 12.2. The first-order chi connectivity index (χ1) is 13.2. The lowest BCUT2D eigenvalue weighted by Gasteiger charge is -2.02. The van der Waals surface area contributed by atoms with Gasteiger partial charge < -0.3 is 5.32 Å². The maximum Gasteiger partial charge on any atom is 0.261 e. The summed E-state index contributed by atoms with van der Waals surface area (Å²) in [5.74, 6) is -0.370. The summed E-state index contributed by atoms with van der Waals surface area (Å²) >= 11 is 0. The topological polar surface area (TPSA) is 70.7 Å². The minimum Gasteiger partial charge on any atom is -0.351 e. The van der Waals surface area contributed by atoms with Crippen LogP contribution in [0.4, 0.5) is 0 Å². The number of hydrogen-bond acceptors (Lipinski definition) is 3. The standard InChI is InChI=1S/C22H20N4O/c1-2-13-24-22(27)18(15-23)14-19-16-26(20-11-7-4-8-12-20)25-21(19)17-9-5-3-6-10-17/h3-12,14,16H,2,13H2,1H3,(H,24,27)/b18-14-. The third-order valence-electron chi connectivity index (χ3n) is 4.01. The van der Waals surface area contributed by atoms with E-state index in [2.05, 4.69) is 5.32 Å². The molecule has 0 bridgehead atoms. The van der Waals surface area contributed by atoms with Crippen molar-refractivity contribution in [1.29, 1.82) is 5.26 Å². The molecule has 1 aromatic heterocycles. The number of nitriles is 1. The molecule has 0 aliphatic carbocycles. The second-order valence-electron chi connectivity index (χ2n) is 6.00. The lowest BCUT2D eigenvalue weighted by molar-refractivity contribution is -0.117. The Bertz CT molecular complexity index is 982. The summed E-state index contributed by atoms with van der Waals surface area (Å²) in [5.41, 5.74) is 3.32. The van der Waals surface area contributed by atoms with E-state index in [1.807, 2.05) is 79.9 Å². The molecule has 2 aromatic carbocycles. The molecule has 5 heteroatoms. The zero-order valence-electron chi connectivity index (χ0n) is 15.1. The van der Waals surface area contributed by atoms with Crippen LogP contribution in [-0.4, -0.2) is 22.2 Å². The average Bonchev–Trinajstić information content (AvgIpc) is 3.15. The fourth-order valence-corrected chi connectivity index (χ4v) is 2.66. The van der Waals surface area contributed by atoms with Crippen LogP contribution in [0.1, 0.15) is 18.9 Å². The highest BCUT2D eigenvalue weighted by Gasteiger charge is 2.14. The Kier molecular flexibility index (Phi) is 5.80. The van der Waals surface area contributed by atoms with E-state index in [1.54, 1.807) is 10.8 Å². The minimum absolute atomic E-state index is 0.0632. The number of carbonyl (C=O) groups excluding carboxylic acids is 1. The largest absolute Gasteiger partial charge is 0.351 e. The summed E-state index contributed by atoms with van der Waals surface area (Å²) in [6, 6.07) is 21.4. The lowest BCUT2D eigenvalue weighted by Crippen LogP contribution is -2.25. The Morgan fingerprint density at radius 1 is 1.15 bits per heavy atom. The van der Waals surface area contributed by atoms with E-state index in [1.165, 1.54) is 0 Å². The molecule has 0 saturated heterocycles. The molecule has 0 aliphatic rings. The van der Waals surface area contributed by atoms with Gasteiger partial charge in [-0.3, -0.25) is 4.79 Å². The van der Waals surface area contributed by atoms with Gasteiger partial charge in [0.25, 0.3) is 5.91 Å². The number of para-hydroxylation sites is 1. The first-order valence-electron chi connectivity index (χ1n) is 8.83. The van der Waals surface area contributed by atoms with Crippen LogP contribution in [-0.2, 0) is 4.79 Å². The molecule has 134 valence electrons. The second kappa shape index (κ2) is 8.63. The molecule has 0 aliphatic heterocycles. The van der Waals surface area contributed by atoms with Crippen molar-refractivity contribution in [1.82, 2.24) is 15.1 Å². The first kappa shape index (κ1) is 18.2. The van der Waals surface area contributed by atoms with Crippen LogP contribution in [0.3, 0.4) is 0 Å². The zero-order valence-corrected chi connectivity index (χ0v) is 15.1. The maximum absolute atomic E-state index is 12.2. The number of nitrogens with one attached hydrogen (secondary N) is 1. The number of benzene rings is 2. The van der Waals surface area contributed by atoms with Crippen LogP contribution in [0.25, 0.3) is 23.0 Å². The predicted octanol–water partition coefficient (Wildman–Crippen LogP) is 3.97. The van der Waals surface area contributed by atoms with E-state index in [-0.39, 0.29) is 11.5 Å². The first-order valence-corrected chi connectivity index (χ1v) is 8.83. The molecule has 0 spiro atoms. The van der Waals surface area contributed by atoms with Crippen molar-refractivity contribution >= 4 is 12.0 Å². The zero-order chi connectivity index (χ0) is 19.1. The Balaban J connectivity index is 2.07. The van der Waals surface area contributed by atoms with Gasteiger partial charge in [-0.15, -0.1) is 0 Å². The molecule has 1 N–H and O–H groups in total. The van der Waals surface area contributed by atoms with Gasteiger partial charge >= 0.3 is 0 Å². The normalized spacial score (nSPS) is 11.0. The Labute approximate surface area is 158 Å². The van der Waals surface area contributed by atoms with Crippen molar-refractivity contribution in [2.75, 3.05) is 6.54 Å². The smallest absolute Gasteiger partial charge is 0.261 e. The molecule has 0 unspecified atom stereocenters. The molecule has 0 radical (unpaired) electrons. The second-order valence-corrected chi connectivity index (χ2v) is 6.00. The molecular weight excluding hydrogens is 336 g/mol. The molecule has 0 saturated carbocycles. The molecule has 1 amide bonds. The van der Waals surface area contributed by atoms with Crippen LogP contribution < -0.4 is 5.32 Å². The van der Waals surface area contributed by atoms with Gasteiger partial charge in [-0.25, -0.2) is 4.68 Å². The number of amides is 1. The minimum atomic E-state index is -0.370. The van der Waals surface area contributed by atoms with Crippen molar-refractivity contribution in [2.45, 2.75) is 13.3 Å². The summed E-state index contributed by atoms with van der Waals surface area (Å²) in [7, 11) is 0. The van der Waals surface area contributed by atoms with E-state index in [0.717, 1.165) is 23.4 Å². The van der Waals surface area contributed by atoms with Crippen LogP contribution in [0, 0.1) is 11.3 Å². The summed E-state index contributed by atoms with van der Waals surface area (Å²) in [6.07, 6.45) is 4.24. The number of nitrogens with zero attached hydrogens (tertiary/aromatic N) is 3. The SMILES string of the molecule is CCCNC(=O)/C(C#N)=C\c1cn(-c2ccccc2)nc1-c1ccccc1. The van der Waals surface area contributed by atoms with Crippen LogP contribution in [0.2, 0.25) is 0 Å². The van der Waals surface area contributed by atoms with E-state index >= 15 is 0 Å². The van der Waals surface area contributed by atoms with Crippen molar-refractivity contribution in [3.8, 4) is 23.0 Å². The van der Waals surface area contributed by atoms with Gasteiger partial charge in [-0.2, -0.15) is 10.4 Å². The van der Waals surface area contributed by atoms with Gasteiger partial charge in [0.15, 0.2) is 0 Å². The quantitative estimate of drug-likeness (QED) is 0.536. The monoisotopic (exact) mass is 356 g/mol. The van der Waals surface area contributed by atoms with Crippen LogP contribution in [0.5, 0.6) is 0 Å². The van der Waals surface area contributed by atoms with Crippen molar-refractivity contribution in [2.24, 2.45) is 0 Å². The predicted molar refractivity (Wildman–Crippen MR) is 106 cm³/mol. The van der Waals surface area contributed by atoms with E-state index in [4.69, 9.17) is 5.10 Å². The van der Waals surface area contributed by atoms with Crippen molar-refractivity contribution < 1.29 is 4.79 Å². The number of hydrogen-bond donors (Lipinski definition) is 1. The van der Waals surface area contributed by atoms with Crippen molar-refractivity contribution in [3.63, 3.8) is 0 Å². The van der Waals surface area contributed by atoms with Gasteiger partial charge in [0, 0.05) is 23.9 Å². The third-order valence-corrected chi connectivity index (χ3v) is 4.01. The third kappa shape index (κ3) is 4.31. The van der Waals surface area contributed by atoms with Crippen molar-refractivity contribution in [3.05, 3.63) is 78.0 Å². The number of aromatic nitrogens is 2. The van der Waals surface area contributed by atoms with E-state index in [9.17, 15) is 10.1 Å². The van der Waals surface area contributed by atoms with Crippen LogP contribution in [0.15, 0.2) is 72.4 Å². The van der Waals surface area contributed by atoms with Gasteiger partial charge in [-0.1, -0.05) is 55.5 Å². The molecule has 5 nitrogen and oxygen atoms in total. The molecule has 0 atom stereocenters. The molecule has 3 rings (SSSR count). The van der Waals surface area contributed by atoms with Gasteiger partial charge in [0.1, 0.15) is 11.6 Å². The average molecular weight is 356 g/mol. The fraction of sp³-hybridized carbons (Fsp3) is 0.136. The van der Waals surface area contributed by atoms with E-state index in [0.29, 0.717) is 12.1 Å². The molecule has 0 fully saturated rings. The number of carbonyl (C=O) groups is 1. The Morgan fingerprint density at radius 3 is 2.44 bits per heavy atom. The highest BCUT2D eigenvalue weighted by Crippen LogP contribution is 2.25. The highest BCUT2D eigenvalue weighted by molar-refractivity contribution is 6.02. The summed E-state index contributed by atoms with van der Waals surface area (Å²) in [5, 5.41) is 16.9. The molecule has 27 heavy (non-hydrogen) atoms. The fourth-order valence-electron chi connectivity index (χ4n) is 2.66. The summed E-state index contributed by atoms with van der Waals surface area (Å²) in [6.45, 7) is 2.50. The number of rotatable bonds is 6. The van der Waals surface area contributed by atoms with Crippen LogP contribution >= 0.6 is 0 Å². The Hall–Kier alpha value is -3.65. The van der Waals surface area contributed by atoms with Gasteiger partial charge in [0.2, 0.25) is 0 Å². The highest BCUT2D eigenvalue weighted by atomic mass is 16.1. The summed E-state index contributed by atoms with van der Waals surface area (Å²) < 4.78 is 1.76. The molecule has 1 heterocycles. The molecule has 3 aromatic rings. The van der Waals surface area contributed by atoms with E-state index < -0.39 is 0 Å².